The van der Waals surface area contributed by atoms with Gasteiger partial charge in [-0.1, -0.05) is 58.4 Å². The van der Waals surface area contributed by atoms with E-state index < -0.39 is 18.1 Å². The third-order valence-electron chi connectivity index (χ3n) is 3.43. The molecule has 2 rings (SSSR count). The van der Waals surface area contributed by atoms with Crippen LogP contribution in [0.1, 0.15) is 18.1 Å². The maximum Gasteiger partial charge on any atom is 0.408 e. The van der Waals surface area contributed by atoms with E-state index >= 15 is 0 Å². The van der Waals surface area contributed by atoms with Crippen molar-refractivity contribution in [2.24, 2.45) is 0 Å². The second kappa shape index (κ2) is 9.84. The van der Waals surface area contributed by atoms with Gasteiger partial charge in [-0.05, 0) is 30.2 Å². The number of carbonyl (C=O) groups is 2. The van der Waals surface area contributed by atoms with Gasteiger partial charge in [-0.3, -0.25) is 0 Å². The zero-order valence-corrected chi connectivity index (χ0v) is 15.5. The first-order valence-corrected chi connectivity index (χ1v) is 8.76. The molecule has 0 aromatic heterocycles. The van der Waals surface area contributed by atoms with Gasteiger partial charge in [-0.2, -0.15) is 0 Å². The molecule has 132 valence electrons. The highest BCUT2D eigenvalue weighted by Crippen LogP contribution is 2.12. The highest BCUT2D eigenvalue weighted by atomic mass is 79.9. The van der Waals surface area contributed by atoms with Crippen LogP contribution in [0, 0.1) is 0 Å². The lowest BCUT2D eigenvalue weighted by atomic mass is 10.1. The summed E-state index contributed by atoms with van der Waals surface area (Å²) in [4.78, 5) is 24.2. The lowest BCUT2D eigenvalue weighted by molar-refractivity contribution is -0.145. The summed E-state index contributed by atoms with van der Waals surface area (Å²) < 4.78 is 11.2. The van der Waals surface area contributed by atoms with Crippen LogP contribution in [0.3, 0.4) is 0 Å². The van der Waals surface area contributed by atoms with Gasteiger partial charge in [0.1, 0.15) is 12.6 Å². The Morgan fingerprint density at radius 1 is 1.00 bits per heavy atom. The van der Waals surface area contributed by atoms with E-state index in [9.17, 15) is 9.59 Å². The number of esters is 1. The van der Waals surface area contributed by atoms with Crippen LogP contribution in [0.2, 0.25) is 0 Å². The fraction of sp³-hybridized carbons (Fsp3) is 0.263. The lowest BCUT2D eigenvalue weighted by Gasteiger charge is -2.17. The third-order valence-corrected chi connectivity index (χ3v) is 3.96. The Balaban J connectivity index is 1.96. The number of hydrogen-bond acceptors (Lipinski definition) is 4. The molecule has 6 heteroatoms. The molecule has 0 radical (unpaired) electrons. The van der Waals surface area contributed by atoms with E-state index in [1.807, 2.05) is 54.6 Å². The number of halogens is 1. The van der Waals surface area contributed by atoms with Crippen molar-refractivity contribution in [1.82, 2.24) is 5.32 Å². The van der Waals surface area contributed by atoms with Crippen molar-refractivity contribution in [3.63, 3.8) is 0 Å². The van der Waals surface area contributed by atoms with E-state index in [2.05, 4.69) is 21.2 Å². The number of rotatable bonds is 7. The van der Waals surface area contributed by atoms with E-state index in [4.69, 9.17) is 9.47 Å². The topological polar surface area (TPSA) is 64.6 Å². The molecule has 25 heavy (non-hydrogen) atoms. The maximum absolute atomic E-state index is 12.1. The first-order valence-electron chi connectivity index (χ1n) is 7.96. The van der Waals surface area contributed by atoms with E-state index in [1.54, 1.807) is 6.92 Å². The van der Waals surface area contributed by atoms with Crippen molar-refractivity contribution in [1.29, 1.82) is 0 Å². The molecule has 0 aliphatic rings. The largest absolute Gasteiger partial charge is 0.464 e. The van der Waals surface area contributed by atoms with Crippen molar-refractivity contribution >= 4 is 28.0 Å². The van der Waals surface area contributed by atoms with E-state index in [0.717, 1.165) is 15.6 Å². The monoisotopic (exact) mass is 405 g/mol. The summed E-state index contributed by atoms with van der Waals surface area (Å²) in [6.07, 6.45) is -0.328. The zero-order valence-electron chi connectivity index (χ0n) is 13.9. The van der Waals surface area contributed by atoms with Crippen LogP contribution < -0.4 is 5.32 Å². The quantitative estimate of drug-likeness (QED) is 0.710. The highest BCUT2D eigenvalue weighted by molar-refractivity contribution is 9.10. The molecule has 2 aromatic carbocycles. The molecular weight excluding hydrogens is 386 g/mol. The van der Waals surface area contributed by atoms with Gasteiger partial charge in [0.25, 0.3) is 0 Å². The molecule has 0 bridgehead atoms. The summed E-state index contributed by atoms with van der Waals surface area (Å²) >= 11 is 3.37. The van der Waals surface area contributed by atoms with Crippen LogP contribution >= 0.6 is 15.9 Å². The fourth-order valence-electron chi connectivity index (χ4n) is 2.20. The molecule has 1 amide bonds. The van der Waals surface area contributed by atoms with E-state index in [1.165, 1.54) is 0 Å². The molecule has 0 aliphatic carbocycles. The number of hydrogen-bond donors (Lipinski definition) is 1. The summed E-state index contributed by atoms with van der Waals surface area (Å²) in [5.41, 5.74) is 1.78. The highest BCUT2D eigenvalue weighted by Gasteiger charge is 2.23. The average molecular weight is 406 g/mol. The Morgan fingerprint density at radius 3 is 2.32 bits per heavy atom. The fourth-order valence-corrected chi connectivity index (χ4v) is 2.46. The van der Waals surface area contributed by atoms with Gasteiger partial charge in [0.2, 0.25) is 0 Å². The molecule has 1 unspecified atom stereocenters. The zero-order chi connectivity index (χ0) is 18.1. The van der Waals surface area contributed by atoms with Gasteiger partial charge >= 0.3 is 12.1 Å². The van der Waals surface area contributed by atoms with Crippen molar-refractivity contribution in [3.8, 4) is 0 Å². The number of benzene rings is 2. The van der Waals surface area contributed by atoms with Gasteiger partial charge in [-0.15, -0.1) is 0 Å². The molecule has 1 atom stereocenters. The van der Waals surface area contributed by atoms with Gasteiger partial charge in [0.05, 0.1) is 6.61 Å². The Labute approximate surface area is 155 Å². The summed E-state index contributed by atoms with van der Waals surface area (Å²) in [6.45, 7) is 2.11. The molecule has 5 nitrogen and oxygen atoms in total. The van der Waals surface area contributed by atoms with Gasteiger partial charge < -0.3 is 14.8 Å². The number of nitrogens with one attached hydrogen (secondary N) is 1. The lowest BCUT2D eigenvalue weighted by Crippen LogP contribution is -2.43. The third kappa shape index (κ3) is 6.58. The van der Waals surface area contributed by atoms with Gasteiger partial charge in [0.15, 0.2) is 0 Å². The van der Waals surface area contributed by atoms with Crippen LogP contribution in [0.4, 0.5) is 4.79 Å². The second-order valence-electron chi connectivity index (χ2n) is 5.34. The minimum absolute atomic E-state index is 0.139. The minimum Gasteiger partial charge on any atom is -0.464 e. The molecule has 1 N–H and O–H groups in total. The maximum atomic E-state index is 12.1. The average Bonchev–Trinajstić information content (AvgIpc) is 2.62. The molecule has 0 spiro atoms. The van der Waals surface area contributed by atoms with E-state index in [-0.39, 0.29) is 13.2 Å². The van der Waals surface area contributed by atoms with Gasteiger partial charge in [-0.25, -0.2) is 9.59 Å². The van der Waals surface area contributed by atoms with Crippen molar-refractivity contribution < 1.29 is 19.1 Å². The van der Waals surface area contributed by atoms with Crippen molar-refractivity contribution in [2.45, 2.75) is 26.0 Å². The molecule has 2 aromatic rings. The Bertz CT molecular complexity index is 688. The predicted molar refractivity (Wildman–Crippen MR) is 98.0 cm³/mol. The van der Waals surface area contributed by atoms with Crippen molar-refractivity contribution in [3.05, 3.63) is 70.2 Å². The SMILES string of the molecule is CCOC(=O)C(Cc1ccc(Br)cc1)NC(=O)OCc1ccccc1. The van der Waals surface area contributed by atoms with Crippen LogP contribution in [0.5, 0.6) is 0 Å². The number of alkyl carbamates (subject to hydrolysis) is 1. The minimum atomic E-state index is -0.801. The Hall–Kier alpha value is -2.34. The van der Waals surface area contributed by atoms with Crippen LogP contribution in [-0.4, -0.2) is 24.7 Å². The van der Waals surface area contributed by atoms with Crippen LogP contribution in [-0.2, 0) is 27.3 Å². The first-order chi connectivity index (χ1) is 12.1. The smallest absolute Gasteiger partial charge is 0.408 e. The van der Waals surface area contributed by atoms with Gasteiger partial charge in [0, 0.05) is 10.9 Å². The molecule has 0 saturated heterocycles. The molecule has 0 heterocycles. The summed E-state index contributed by atoms with van der Waals surface area (Å²) in [5, 5.41) is 2.59. The van der Waals surface area contributed by atoms with E-state index in [0.29, 0.717) is 6.42 Å². The Morgan fingerprint density at radius 2 is 1.68 bits per heavy atom. The summed E-state index contributed by atoms with van der Waals surface area (Å²) in [6, 6.07) is 16.1. The number of carbonyl (C=O) groups excluding carboxylic acids is 2. The van der Waals surface area contributed by atoms with Crippen LogP contribution in [0.25, 0.3) is 0 Å². The summed E-state index contributed by atoms with van der Waals surface area (Å²) in [7, 11) is 0. The normalized spacial score (nSPS) is 11.4. The first kappa shape index (κ1) is 19.0. The standard InChI is InChI=1S/C19H20BrNO4/c1-2-24-18(22)17(12-14-8-10-16(20)11-9-14)21-19(23)25-13-15-6-4-3-5-7-15/h3-11,17H,2,12-13H2,1H3,(H,21,23). The van der Waals surface area contributed by atoms with Crippen molar-refractivity contribution in [2.75, 3.05) is 6.61 Å². The molecule has 0 aliphatic heterocycles. The second-order valence-corrected chi connectivity index (χ2v) is 6.26. The molecule has 0 saturated carbocycles. The number of ether oxygens (including phenoxy) is 2. The summed E-state index contributed by atoms with van der Waals surface area (Å²) in [5.74, 6) is -0.484. The predicted octanol–water partition coefficient (Wildman–Crippen LogP) is 3.85. The molecular formula is C19H20BrNO4. The van der Waals surface area contributed by atoms with Crippen LogP contribution in [0.15, 0.2) is 59.1 Å². The number of amides is 1. The Kier molecular flexibility index (Phi) is 7.47. The molecule has 0 fully saturated rings.